The summed E-state index contributed by atoms with van der Waals surface area (Å²) < 4.78 is 0. The summed E-state index contributed by atoms with van der Waals surface area (Å²) in [4.78, 5) is 16.1. The molecular formula is C15H17N3O. The van der Waals surface area contributed by atoms with Crippen molar-refractivity contribution in [1.82, 2.24) is 10.3 Å². The minimum absolute atomic E-state index is 0.0699. The van der Waals surface area contributed by atoms with E-state index < -0.39 is 0 Å². The van der Waals surface area contributed by atoms with E-state index in [1.54, 1.807) is 18.3 Å². The Labute approximate surface area is 112 Å². The lowest BCUT2D eigenvalue weighted by atomic mass is 10.1. The topological polar surface area (TPSA) is 68.0 Å². The van der Waals surface area contributed by atoms with Crippen molar-refractivity contribution in [1.29, 1.82) is 0 Å². The summed E-state index contributed by atoms with van der Waals surface area (Å²) in [5.41, 5.74) is 8.16. The molecule has 2 rings (SSSR count). The van der Waals surface area contributed by atoms with E-state index in [1.807, 2.05) is 30.3 Å². The first-order valence-corrected chi connectivity index (χ1v) is 6.26. The van der Waals surface area contributed by atoms with Crippen LogP contribution in [-0.4, -0.2) is 17.4 Å². The van der Waals surface area contributed by atoms with E-state index in [1.165, 1.54) is 0 Å². The van der Waals surface area contributed by atoms with Gasteiger partial charge in [-0.05, 0) is 29.8 Å². The number of hydrogen-bond donors (Lipinski definition) is 2. The molecule has 0 aliphatic heterocycles. The van der Waals surface area contributed by atoms with E-state index in [0.29, 0.717) is 18.7 Å². The van der Waals surface area contributed by atoms with Crippen molar-refractivity contribution in [2.45, 2.75) is 13.0 Å². The van der Waals surface area contributed by atoms with Crippen LogP contribution in [0.3, 0.4) is 0 Å². The van der Waals surface area contributed by atoms with E-state index in [0.717, 1.165) is 17.7 Å². The predicted octanol–water partition coefficient (Wildman–Crippen LogP) is 1.51. The molecule has 0 saturated carbocycles. The molecule has 0 spiro atoms. The number of nitrogens with two attached hydrogens (primary N) is 1. The van der Waals surface area contributed by atoms with Crippen LogP contribution >= 0.6 is 0 Å². The van der Waals surface area contributed by atoms with E-state index in [2.05, 4.69) is 10.3 Å². The van der Waals surface area contributed by atoms with Crippen LogP contribution in [0.25, 0.3) is 0 Å². The molecule has 1 heterocycles. The minimum Gasteiger partial charge on any atom is -0.352 e. The minimum atomic E-state index is -0.0699. The summed E-state index contributed by atoms with van der Waals surface area (Å²) in [6.45, 7) is 1.07. The molecule has 0 radical (unpaired) electrons. The second-order valence-corrected chi connectivity index (χ2v) is 4.23. The Bertz CT molecular complexity index is 523. The Morgan fingerprint density at radius 2 is 1.95 bits per heavy atom. The zero-order valence-corrected chi connectivity index (χ0v) is 10.7. The number of aromatic nitrogens is 1. The van der Waals surface area contributed by atoms with Crippen molar-refractivity contribution in [2.24, 2.45) is 5.73 Å². The maximum absolute atomic E-state index is 11.9. The largest absolute Gasteiger partial charge is 0.352 e. The van der Waals surface area contributed by atoms with Gasteiger partial charge in [0.2, 0.25) is 0 Å². The van der Waals surface area contributed by atoms with E-state index >= 15 is 0 Å². The molecule has 19 heavy (non-hydrogen) atoms. The van der Waals surface area contributed by atoms with Crippen molar-refractivity contribution in [3.8, 4) is 0 Å². The van der Waals surface area contributed by atoms with Gasteiger partial charge in [-0.25, -0.2) is 0 Å². The first kappa shape index (κ1) is 13.2. The summed E-state index contributed by atoms with van der Waals surface area (Å²) in [7, 11) is 0. The van der Waals surface area contributed by atoms with Crippen molar-refractivity contribution in [3.63, 3.8) is 0 Å². The molecule has 98 valence electrons. The molecule has 0 fully saturated rings. The zero-order chi connectivity index (χ0) is 13.5. The fourth-order valence-corrected chi connectivity index (χ4v) is 1.74. The van der Waals surface area contributed by atoms with Gasteiger partial charge in [-0.3, -0.25) is 9.78 Å². The monoisotopic (exact) mass is 255 g/mol. The Morgan fingerprint density at radius 3 is 2.58 bits per heavy atom. The van der Waals surface area contributed by atoms with E-state index in [4.69, 9.17) is 5.73 Å². The highest BCUT2D eigenvalue weighted by Crippen LogP contribution is 2.03. The Kier molecular flexibility index (Phi) is 4.64. The molecule has 0 saturated heterocycles. The summed E-state index contributed by atoms with van der Waals surface area (Å²) in [5.74, 6) is -0.0699. The van der Waals surface area contributed by atoms with Crippen LogP contribution in [0.1, 0.15) is 21.6 Å². The van der Waals surface area contributed by atoms with Gasteiger partial charge in [0.15, 0.2) is 0 Å². The average Bonchev–Trinajstić information content (AvgIpc) is 2.48. The van der Waals surface area contributed by atoms with Crippen LogP contribution in [0.15, 0.2) is 48.7 Å². The average molecular weight is 255 g/mol. The first-order valence-electron chi connectivity index (χ1n) is 6.26. The maximum Gasteiger partial charge on any atom is 0.251 e. The molecule has 1 amide bonds. The lowest BCUT2D eigenvalue weighted by Gasteiger charge is -2.05. The van der Waals surface area contributed by atoms with Gasteiger partial charge in [-0.15, -0.1) is 0 Å². The van der Waals surface area contributed by atoms with Crippen LogP contribution in [0.2, 0.25) is 0 Å². The van der Waals surface area contributed by atoms with Crippen LogP contribution < -0.4 is 11.1 Å². The van der Waals surface area contributed by atoms with Gasteiger partial charge in [0.05, 0.1) is 0 Å². The number of carbonyl (C=O) groups excluding carboxylic acids is 1. The molecule has 3 N–H and O–H groups in total. The third-order valence-corrected chi connectivity index (χ3v) is 2.84. The van der Waals surface area contributed by atoms with Crippen molar-refractivity contribution >= 4 is 5.91 Å². The third-order valence-electron chi connectivity index (χ3n) is 2.84. The van der Waals surface area contributed by atoms with Gasteiger partial charge in [0, 0.05) is 37.0 Å². The Morgan fingerprint density at radius 1 is 1.16 bits per heavy atom. The highest BCUT2D eigenvalue weighted by atomic mass is 16.1. The van der Waals surface area contributed by atoms with Gasteiger partial charge in [0.1, 0.15) is 0 Å². The summed E-state index contributed by atoms with van der Waals surface area (Å²) in [5, 5.41) is 2.87. The fourth-order valence-electron chi connectivity index (χ4n) is 1.74. The summed E-state index contributed by atoms with van der Waals surface area (Å²) in [6, 6.07) is 13.1. The number of hydrogen-bond acceptors (Lipinski definition) is 3. The van der Waals surface area contributed by atoms with Gasteiger partial charge < -0.3 is 11.1 Å². The molecule has 0 atom stereocenters. The fraction of sp³-hybridized carbons (Fsp3) is 0.200. The quantitative estimate of drug-likeness (QED) is 0.851. The van der Waals surface area contributed by atoms with Gasteiger partial charge in [-0.2, -0.15) is 0 Å². The molecular weight excluding hydrogens is 238 g/mol. The second kappa shape index (κ2) is 6.66. The van der Waals surface area contributed by atoms with Crippen molar-refractivity contribution in [3.05, 3.63) is 65.5 Å². The normalized spacial score (nSPS) is 10.2. The molecule has 4 nitrogen and oxygen atoms in total. The van der Waals surface area contributed by atoms with Gasteiger partial charge in [0.25, 0.3) is 5.91 Å². The second-order valence-electron chi connectivity index (χ2n) is 4.23. The van der Waals surface area contributed by atoms with Crippen LogP contribution in [-0.2, 0) is 13.0 Å². The van der Waals surface area contributed by atoms with Gasteiger partial charge >= 0.3 is 0 Å². The third kappa shape index (κ3) is 3.89. The van der Waals surface area contributed by atoms with Crippen LogP contribution in [0.5, 0.6) is 0 Å². The number of amides is 1. The number of carbonyl (C=O) groups is 1. The lowest BCUT2D eigenvalue weighted by Crippen LogP contribution is -2.25. The number of nitrogens with zero attached hydrogens (tertiary/aromatic N) is 1. The summed E-state index contributed by atoms with van der Waals surface area (Å²) >= 11 is 0. The van der Waals surface area contributed by atoms with Crippen molar-refractivity contribution < 1.29 is 4.79 Å². The van der Waals surface area contributed by atoms with Crippen molar-refractivity contribution in [2.75, 3.05) is 6.54 Å². The lowest BCUT2D eigenvalue weighted by molar-refractivity contribution is 0.0954. The molecule has 1 aromatic carbocycles. The molecule has 0 aliphatic carbocycles. The van der Waals surface area contributed by atoms with Gasteiger partial charge in [-0.1, -0.05) is 18.2 Å². The zero-order valence-electron chi connectivity index (χ0n) is 10.7. The Hall–Kier alpha value is -2.20. The standard InChI is InChI=1S/C15H17N3O/c16-11-12-4-6-13(7-5-12)15(19)18-10-8-14-3-1-2-9-17-14/h1-7,9H,8,10-11,16H2,(H,18,19). The molecule has 2 aromatic rings. The highest BCUT2D eigenvalue weighted by Gasteiger charge is 2.04. The first-order chi connectivity index (χ1) is 9.29. The molecule has 0 unspecified atom stereocenters. The summed E-state index contributed by atoms with van der Waals surface area (Å²) in [6.07, 6.45) is 2.48. The van der Waals surface area contributed by atoms with Crippen LogP contribution in [0, 0.1) is 0 Å². The number of rotatable bonds is 5. The maximum atomic E-state index is 11.9. The number of benzene rings is 1. The molecule has 1 aromatic heterocycles. The van der Waals surface area contributed by atoms with E-state index in [-0.39, 0.29) is 5.91 Å². The Balaban J connectivity index is 1.84. The highest BCUT2D eigenvalue weighted by molar-refractivity contribution is 5.94. The predicted molar refractivity (Wildman–Crippen MR) is 74.6 cm³/mol. The van der Waals surface area contributed by atoms with E-state index in [9.17, 15) is 4.79 Å². The van der Waals surface area contributed by atoms with Crippen LogP contribution in [0.4, 0.5) is 0 Å². The number of pyridine rings is 1. The molecule has 0 aliphatic rings. The number of nitrogens with one attached hydrogen (secondary N) is 1. The SMILES string of the molecule is NCc1ccc(C(=O)NCCc2ccccn2)cc1. The molecule has 4 heteroatoms. The smallest absolute Gasteiger partial charge is 0.251 e. The molecule has 0 bridgehead atoms.